The molecule has 0 saturated carbocycles. The molecule has 3 atom stereocenters. The van der Waals surface area contributed by atoms with Gasteiger partial charge in [-0.15, -0.1) is 0 Å². The lowest BCUT2D eigenvalue weighted by Gasteiger charge is -2.41. The predicted octanol–water partition coefficient (Wildman–Crippen LogP) is 2.07. The molecule has 3 nitrogen and oxygen atoms in total. The monoisotopic (exact) mass is 274 g/mol. The molecule has 0 amide bonds. The second kappa shape index (κ2) is 9.18. The van der Waals surface area contributed by atoms with Gasteiger partial charge in [0, 0.05) is 43.9 Å². The van der Waals surface area contributed by atoms with Crippen molar-refractivity contribution >= 4 is 11.8 Å². The number of methoxy groups -OCH3 is 1. The van der Waals surface area contributed by atoms with Crippen molar-refractivity contribution in [1.29, 1.82) is 0 Å². The standard InChI is InChI=1S/C14H30N2OS/c1-5-7-15-14(12(2)6-9-17-4)13-11-18-10-8-16(13)3/h12-15H,5-11H2,1-4H3. The summed E-state index contributed by atoms with van der Waals surface area (Å²) in [6, 6.07) is 1.26. The molecule has 1 N–H and O–H groups in total. The van der Waals surface area contributed by atoms with Crippen LogP contribution in [0.5, 0.6) is 0 Å². The molecule has 1 aliphatic rings. The molecule has 3 unspecified atom stereocenters. The van der Waals surface area contributed by atoms with E-state index in [-0.39, 0.29) is 0 Å². The molecule has 1 aliphatic heterocycles. The molecule has 0 spiro atoms. The molecule has 0 aromatic heterocycles. The Balaban J connectivity index is 2.56. The van der Waals surface area contributed by atoms with Gasteiger partial charge in [0.05, 0.1) is 0 Å². The Morgan fingerprint density at radius 2 is 2.28 bits per heavy atom. The zero-order valence-corrected chi connectivity index (χ0v) is 13.3. The molecule has 1 rings (SSSR count). The second-order valence-corrected chi connectivity index (χ2v) is 6.51. The first-order valence-corrected chi connectivity index (χ1v) is 8.36. The highest BCUT2D eigenvalue weighted by molar-refractivity contribution is 7.99. The summed E-state index contributed by atoms with van der Waals surface area (Å²) in [6.07, 6.45) is 2.35. The quantitative estimate of drug-likeness (QED) is 0.732. The van der Waals surface area contributed by atoms with Gasteiger partial charge in [-0.2, -0.15) is 11.8 Å². The summed E-state index contributed by atoms with van der Waals surface area (Å²) in [5.41, 5.74) is 0. The Hall–Kier alpha value is 0.230. The van der Waals surface area contributed by atoms with Crippen molar-refractivity contribution in [3.8, 4) is 0 Å². The number of hydrogen-bond acceptors (Lipinski definition) is 4. The molecule has 0 bridgehead atoms. The summed E-state index contributed by atoms with van der Waals surface area (Å²) in [5.74, 6) is 3.21. The Morgan fingerprint density at radius 1 is 1.50 bits per heavy atom. The van der Waals surface area contributed by atoms with Gasteiger partial charge < -0.3 is 15.0 Å². The molecule has 0 aliphatic carbocycles. The van der Waals surface area contributed by atoms with E-state index in [9.17, 15) is 0 Å². The number of nitrogens with zero attached hydrogens (tertiary/aromatic N) is 1. The van der Waals surface area contributed by atoms with E-state index in [1.807, 2.05) is 0 Å². The molecule has 4 heteroatoms. The lowest BCUT2D eigenvalue weighted by atomic mass is 9.92. The lowest BCUT2D eigenvalue weighted by Crippen LogP contribution is -2.55. The van der Waals surface area contributed by atoms with Crippen LogP contribution in [0.1, 0.15) is 26.7 Å². The van der Waals surface area contributed by atoms with Crippen molar-refractivity contribution in [2.45, 2.75) is 38.8 Å². The van der Waals surface area contributed by atoms with Crippen LogP contribution in [0.4, 0.5) is 0 Å². The van der Waals surface area contributed by atoms with Crippen molar-refractivity contribution < 1.29 is 4.74 Å². The highest BCUT2D eigenvalue weighted by Crippen LogP contribution is 2.23. The third kappa shape index (κ3) is 5.08. The van der Waals surface area contributed by atoms with Crippen LogP contribution in [0.2, 0.25) is 0 Å². The Kier molecular flexibility index (Phi) is 8.31. The molecule has 1 fully saturated rings. The van der Waals surface area contributed by atoms with Crippen LogP contribution < -0.4 is 5.32 Å². The van der Waals surface area contributed by atoms with E-state index < -0.39 is 0 Å². The highest BCUT2D eigenvalue weighted by atomic mass is 32.2. The van der Waals surface area contributed by atoms with E-state index in [0.717, 1.165) is 19.6 Å². The van der Waals surface area contributed by atoms with E-state index in [1.165, 1.54) is 24.5 Å². The first-order chi connectivity index (χ1) is 8.70. The van der Waals surface area contributed by atoms with E-state index in [0.29, 0.717) is 18.0 Å². The molecular formula is C14H30N2OS. The Morgan fingerprint density at radius 3 is 2.89 bits per heavy atom. The van der Waals surface area contributed by atoms with Crippen LogP contribution in [0.15, 0.2) is 0 Å². The normalized spacial score (nSPS) is 25.0. The van der Waals surface area contributed by atoms with Gasteiger partial charge in [0.25, 0.3) is 0 Å². The maximum Gasteiger partial charge on any atom is 0.0465 e. The summed E-state index contributed by atoms with van der Waals surface area (Å²) >= 11 is 2.10. The van der Waals surface area contributed by atoms with Crippen LogP contribution in [0.25, 0.3) is 0 Å². The zero-order chi connectivity index (χ0) is 13.4. The largest absolute Gasteiger partial charge is 0.385 e. The smallest absolute Gasteiger partial charge is 0.0465 e. The molecule has 0 radical (unpaired) electrons. The summed E-state index contributed by atoms with van der Waals surface area (Å²) in [7, 11) is 4.07. The van der Waals surface area contributed by atoms with Gasteiger partial charge in [0.1, 0.15) is 0 Å². The maximum absolute atomic E-state index is 5.23. The second-order valence-electron chi connectivity index (χ2n) is 5.36. The van der Waals surface area contributed by atoms with Crippen molar-refractivity contribution in [3.63, 3.8) is 0 Å². The average molecular weight is 274 g/mol. The Bertz CT molecular complexity index is 216. The number of rotatable bonds is 8. The van der Waals surface area contributed by atoms with Crippen molar-refractivity contribution in [3.05, 3.63) is 0 Å². The minimum Gasteiger partial charge on any atom is -0.385 e. The van der Waals surface area contributed by atoms with Crippen molar-refractivity contribution in [2.75, 3.05) is 45.4 Å². The highest BCUT2D eigenvalue weighted by Gasteiger charge is 2.30. The predicted molar refractivity (Wildman–Crippen MR) is 81.5 cm³/mol. The van der Waals surface area contributed by atoms with Gasteiger partial charge in [0.15, 0.2) is 0 Å². The third-order valence-electron chi connectivity index (χ3n) is 3.88. The van der Waals surface area contributed by atoms with Crippen molar-refractivity contribution in [1.82, 2.24) is 10.2 Å². The van der Waals surface area contributed by atoms with Gasteiger partial charge >= 0.3 is 0 Å². The molecule has 0 aromatic carbocycles. The van der Waals surface area contributed by atoms with Gasteiger partial charge in [-0.1, -0.05) is 13.8 Å². The zero-order valence-electron chi connectivity index (χ0n) is 12.4. The minimum absolute atomic E-state index is 0.595. The number of thioether (sulfide) groups is 1. The summed E-state index contributed by atoms with van der Waals surface area (Å²) < 4.78 is 5.23. The number of likely N-dealkylation sites (N-methyl/N-ethyl adjacent to an activating group) is 1. The minimum atomic E-state index is 0.595. The van der Waals surface area contributed by atoms with E-state index >= 15 is 0 Å². The fraction of sp³-hybridized carbons (Fsp3) is 1.00. The van der Waals surface area contributed by atoms with E-state index in [2.05, 4.69) is 42.9 Å². The van der Waals surface area contributed by atoms with Gasteiger partial charge in [-0.3, -0.25) is 0 Å². The fourth-order valence-electron chi connectivity index (χ4n) is 2.59. The number of hydrogen-bond donors (Lipinski definition) is 1. The van der Waals surface area contributed by atoms with Crippen LogP contribution in [-0.2, 0) is 4.74 Å². The molecule has 1 saturated heterocycles. The van der Waals surface area contributed by atoms with Crippen LogP contribution in [0.3, 0.4) is 0 Å². The first-order valence-electron chi connectivity index (χ1n) is 7.21. The molecular weight excluding hydrogens is 244 g/mol. The summed E-state index contributed by atoms with van der Waals surface area (Å²) in [5, 5.41) is 3.77. The van der Waals surface area contributed by atoms with Gasteiger partial charge in [-0.05, 0) is 32.4 Å². The van der Waals surface area contributed by atoms with Crippen LogP contribution in [0, 0.1) is 5.92 Å². The average Bonchev–Trinajstić information content (AvgIpc) is 2.38. The first kappa shape index (κ1) is 16.3. The SMILES string of the molecule is CCCNC(C(C)CCOC)C1CSCCN1C. The molecule has 1 heterocycles. The van der Waals surface area contributed by atoms with Crippen LogP contribution in [-0.4, -0.2) is 62.3 Å². The fourth-order valence-corrected chi connectivity index (χ4v) is 3.88. The van der Waals surface area contributed by atoms with E-state index in [4.69, 9.17) is 4.74 Å². The molecule has 0 aromatic rings. The van der Waals surface area contributed by atoms with Gasteiger partial charge in [-0.25, -0.2) is 0 Å². The van der Waals surface area contributed by atoms with Gasteiger partial charge in [0.2, 0.25) is 0 Å². The summed E-state index contributed by atoms with van der Waals surface area (Å²) in [4.78, 5) is 2.53. The van der Waals surface area contributed by atoms with Crippen molar-refractivity contribution in [2.24, 2.45) is 5.92 Å². The number of ether oxygens (including phenoxy) is 1. The Labute approximate surface area is 117 Å². The molecule has 18 heavy (non-hydrogen) atoms. The third-order valence-corrected chi connectivity index (χ3v) is 4.93. The maximum atomic E-state index is 5.23. The molecule has 108 valence electrons. The summed E-state index contributed by atoms with van der Waals surface area (Å²) in [6.45, 7) is 7.81. The van der Waals surface area contributed by atoms with E-state index in [1.54, 1.807) is 7.11 Å². The topological polar surface area (TPSA) is 24.5 Å². The van der Waals surface area contributed by atoms with Crippen LogP contribution >= 0.6 is 11.8 Å². The lowest BCUT2D eigenvalue weighted by molar-refractivity contribution is 0.138. The number of nitrogens with one attached hydrogen (secondary N) is 1.